The lowest BCUT2D eigenvalue weighted by molar-refractivity contribution is -0.143. The SMILES string of the molecule is CCOC(=O)C1=C(C(F)(F)F)Oc2ccc(Cl)cc2C1c1cn(C(=O)OCC)c2ccccc12. The number of hydrogen-bond acceptors (Lipinski definition) is 5. The van der Waals surface area contributed by atoms with E-state index in [2.05, 4.69) is 0 Å². The second-order valence-corrected chi connectivity index (χ2v) is 7.79. The number of alkyl halides is 3. The van der Waals surface area contributed by atoms with E-state index in [-0.39, 0.29) is 35.1 Å². The van der Waals surface area contributed by atoms with Gasteiger partial charge in [-0.3, -0.25) is 4.57 Å². The summed E-state index contributed by atoms with van der Waals surface area (Å²) >= 11 is 6.17. The number of carbonyl (C=O) groups excluding carboxylic acids is 2. The summed E-state index contributed by atoms with van der Waals surface area (Å²) < 4.78 is 58.8. The van der Waals surface area contributed by atoms with E-state index in [1.54, 1.807) is 31.2 Å². The van der Waals surface area contributed by atoms with Gasteiger partial charge in [-0.15, -0.1) is 0 Å². The Balaban J connectivity index is 2.07. The fourth-order valence-electron chi connectivity index (χ4n) is 4.02. The lowest BCUT2D eigenvalue weighted by Crippen LogP contribution is -2.30. The maximum Gasteiger partial charge on any atom is 0.450 e. The Morgan fingerprint density at radius 2 is 1.76 bits per heavy atom. The van der Waals surface area contributed by atoms with Gasteiger partial charge in [0, 0.05) is 22.2 Å². The molecule has 1 aliphatic heterocycles. The molecule has 10 heteroatoms. The average molecular weight is 494 g/mol. The van der Waals surface area contributed by atoms with Crippen LogP contribution in [-0.4, -0.2) is 36.0 Å². The minimum atomic E-state index is -4.99. The maximum absolute atomic E-state index is 14.1. The molecular formula is C24H19ClF3NO5. The first-order valence-electron chi connectivity index (χ1n) is 10.4. The fourth-order valence-corrected chi connectivity index (χ4v) is 4.20. The van der Waals surface area contributed by atoms with Gasteiger partial charge < -0.3 is 14.2 Å². The largest absolute Gasteiger partial charge is 0.463 e. The Bertz CT molecular complexity index is 1310. The topological polar surface area (TPSA) is 66.8 Å². The summed E-state index contributed by atoms with van der Waals surface area (Å²) in [5, 5.41) is 0.692. The molecule has 3 aromatic rings. The number of allylic oxidation sites excluding steroid dienone is 1. The number of ether oxygens (including phenoxy) is 3. The van der Waals surface area contributed by atoms with Crippen LogP contribution in [0.4, 0.5) is 18.0 Å². The first-order valence-corrected chi connectivity index (χ1v) is 10.8. The van der Waals surface area contributed by atoms with Crippen LogP contribution in [0.2, 0.25) is 5.02 Å². The van der Waals surface area contributed by atoms with Gasteiger partial charge in [0.25, 0.3) is 0 Å². The van der Waals surface area contributed by atoms with Crippen molar-refractivity contribution in [2.24, 2.45) is 0 Å². The van der Waals surface area contributed by atoms with Crippen LogP contribution in [0, 0.1) is 0 Å². The number of aromatic nitrogens is 1. The molecule has 0 bridgehead atoms. The number of benzene rings is 2. The highest BCUT2D eigenvalue weighted by atomic mass is 35.5. The smallest absolute Gasteiger partial charge is 0.450 e. The lowest BCUT2D eigenvalue weighted by atomic mass is 9.82. The van der Waals surface area contributed by atoms with E-state index >= 15 is 0 Å². The second kappa shape index (κ2) is 9.06. The molecule has 1 atom stereocenters. The molecular weight excluding hydrogens is 475 g/mol. The number of hydrogen-bond donors (Lipinski definition) is 0. The predicted octanol–water partition coefficient (Wildman–Crippen LogP) is 6.20. The van der Waals surface area contributed by atoms with Gasteiger partial charge >= 0.3 is 18.2 Å². The van der Waals surface area contributed by atoms with Gasteiger partial charge in [-0.2, -0.15) is 13.2 Å². The van der Waals surface area contributed by atoms with E-state index in [9.17, 15) is 22.8 Å². The molecule has 1 aliphatic rings. The Morgan fingerprint density at radius 3 is 2.44 bits per heavy atom. The number of halogens is 4. The number of rotatable bonds is 4. The van der Waals surface area contributed by atoms with Crippen LogP contribution in [0.25, 0.3) is 10.9 Å². The number of carbonyl (C=O) groups is 2. The summed E-state index contributed by atoms with van der Waals surface area (Å²) in [5.74, 6) is -4.04. The molecule has 0 N–H and O–H groups in total. The number of para-hydroxylation sites is 1. The summed E-state index contributed by atoms with van der Waals surface area (Å²) in [7, 11) is 0. The van der Waals surface area contributed by atoms with Crippen molar-refractivity contribution >= 4 is 34.6 Å². The first kappa shape index (κ1) is 23.7. The third-order valence-corrected chi connectivity index (χ3v) is 5.53. The molecule has 2 heterocycles. The molecule has 0 saturated heterocycles. The molecule has 6 nitrogen and oxygen atoms in total. The molecule has 0 aliphatic carbocycles. The van der Waals surface area contributed by atoms with Gasteiger partial charge in [0.1, 0.15) is 5.75 Å². The van der Waals surface area contributed by atoms with Crippen molar-refractivity contribution in [1.29, 1.82) is 0 Å². The zero-order chi connectivity index (χ0) is 24.6. The minimum absolute atomic E-state index is 0.0998. The molecule has 2 aromatic carbocycles. The van der Waals surface area contributed by atoms with Crippen molar-refractivity contribution < 1.29 is 37.0 Å². The summed E-state index contributed by atoms with van der Waals surface area (Å²) in [6, 6.07) is 10.8. The standard InChI is InChI=1S/C24H19ClF3NO5/c1-3-32-22(30)20-19(15-11-13(25)9-10-18(15)34-21(20)24(26,27)28)16-12-29(23(31)33-4-2)17-8-6-5-7-14(16)17/h5-12,19H,3-4H2,1-2H3. The van der Waals surface area contributed by atoms with Crippen LogP contribution in [-0.2, 0) is 14.3 Å². The van der Waals surface area contributed by atoms with Crippen molar-refractivity contribution in [3.63, 3.8) is 0 Å². The van der Waals surface area contributed by atoms with Gasteiger partial charge in [-0.05, 0) is 43.7 Å². The van der Waals surface area contributed by atoms with E-state index in [4.69, 9.17) is 25.8 Å². The van der Waals surface area contributed by atoms with Crippen molar-refractivity contribution in [1.82, 2.24) is 4.57 Å². The van der Waals surface area contributed by atoms with Crippen molar-refractivity contribution in [3.8, 4) is 5.75 Å². The molecule has 0 radical (unpaired) electrons. The number of fused-ring (bicyclic) bond motifs is 2. The highest BCUT2D eigenvalue weighted by molar-refractivity contribution is 6.30. The molecule has 34 heavy (non-hydrogen) atoms. The monoisotopic (exact) mass is 493 g/mol. The number of nitrogens with zero attached hydrogens (tertiary/aromatic N) is 1. The first-order chi connectivity index (χ1) is 16.2. The quantitative estimate of drug-likeness (QED) is 0.405. The summed E-state index contributed by atoms with van der Waals surface area (Å²) in [5.41, 5.74) is 0.175. The molecule has 0 spiro atoms. The van der Waals surface area contributed by atoms with Crippen LogP contribution in [0.3, 0.4) is 0 Å². The van der Waals surface area contributed by atoms with Gasteiger partial charge in [0.05, 0.1) is 30.2 Å². The van der Waals surface area contributed by atoms with Gasteiger partial charge in [-0.1, -0.05) is 29.8 Å². The third-order valence-electron chi connectivity index (χ3n) is 5.30. The Labute approximate surface area is 197 Å². The van der Waals surface area contributed by atoms with Crippen molar-refractivity contribution in [3.05, 3.63) is 76.1 Å². The summed E-state index contributed by atoms with van der Waals surface area (Å²) in [4.78, 5) is 25.5. The molecule has 1 aromatic heterocycles. The van der Waals surface area contributed by atoms with E-state index in [0.29, 0.717) is 10.9 Å². The molecule has 0 amide bonds. The maximum atomic E-state index is 14.1. The normalized spacial score (nSPS) is 15.6. The van der Waals surface area contributed by atoms with E-state index in [1.165, 1.54) is 35.9 Å². The van der Waals surface area contributed by atoms with Crippen LogP contribution in [0.15, 0.2) is 60.0 Å². The molecule has 178 valence electrons. The molecule has 0 fully saturated rings. The Morgan fingerprint density at radius 1 is 1.06 bits per heavy atom. The van der Waals surface area contributed by atoms with Gasteiger partial charge in [0.15, 0.2) is 0 Å². The van der Waals surface area contributed by atoms with E-state index in [1.807, 2.05) is 0 Å². The lowest BCUT2D eigenvalue weighted by Gasteiger charge is -2.30. The Hall–Kier alpha value is -3.46. The zero-order valence-electron chi connectivity index (χ0n) is 18.1. The van der Waals surface area contributed by atoms with E-state index in [0.717, 1.165) is 0 Å². The van der Waals surface area contributed by atoms with Crippen molar-refractivity contribution in [2.75, 3.05) is 13.2 Å². The summed E-state index contributed by atoms with van der Waals surface area (Å²) in [6.07, 6.45) is -4.32. The number of esters is 1. The van der Waals surface area contributed by atoms with Gasteiger partial charge in [0.2, 0.25) is 5.76 Å². The van der Waals surface area contributed by atoms with Crippen LogP contribution < -0.4 is 4.74 Å². The molecule has 1 unspecified atom stereocenters. The van der Waals surface area contributed by atoms with Crippen LogP contribution in [0.5, 0.6) is 5.75 Å². The van der Waals surface area contributed by atoms with Crippen molar-refractivity contribution in [2.45, 2.75) is 25.9 Å². The minimum Gasteiger partial charge on any atom is -0.463 e. The highest BCUT2D eigenvalue weighted by Gasteiger charge is 2.48. The van der Waals surface area contributed by atoms with E-state index < -0.39 is 35.5 Å². The van der Waals surface area contributed by atoms with Crippen LogP contribution in [0.1, 0.15) is 30.9 Å². The van der Waals surface area contributed by atoms with Crippen LogP contribution >= 0.6 is 11.6 Å². The van der Waals surface area contributed by atoms with Gasteiger partial charge in [-0.25, -0.2) is 9.59 Å². The zero-order valence-corrected chi connectivity index (χ0v) is 18.9. The second-order valence-electron chi connectivity index (χ2n) is 7.35. The average Bonchev–Trinajstić information content (AvgIpc) is 3.17. The highest BCUT2D eigenvalue weighted by Crippen LogP contribution is 2.49. The molecule has 0 saturated carbocycles. The third kappa shape index (κ3) is 4.11. The Kier molecular flexibility index (Phi) is 6.31. The summed E-state index contributed by atoms with van der Waals surface area (Å²) in [6.45, 7) is 3.08. The molecule has 4 rings (SSSR count). The predicted molar refractivity (Wildman–Crippen MR) is 118 cm³/mol. The fraction of sp³-hybridized carbons (Fsp3) is 0.250.